The molecule has 0 N–H and O–H groups in total. The predicted octanol–water partition coefficient (Wildman–Crippen LogP) is 3.97. The molecule has 0 saturated carbocycles. The van der Waals surface area contributed by atoms with E-state index in [1.54, 1.807) is 0 Å². The Hall–Kier alpha value is -1.59. The third-order valence-electron chi connectivity index (χ3n) is 3.31. The molecular weight excluding hydrogens is 251 g/mol. The van der Waals surface area contributed by atoms with Gasteiger partial charge in [0.2, 0.25) is 0 Å². The summed E-state index contributed by atoms with van der Waals surface area (Å²) in [6.45, 7) is 4.04. The van der Waals surface area contributed by atoms with Gasteiger partial charge in [-0.2, -0.15) is 0 Å². The quantitative estimate of drug-likeness (QED) is 0.607. The molecule has 0 aliphatic rings. The largest absolute Gasteiger partial charge is 0.313 e. The van der Waals surface area contributed by atoms with E-state index >= 15 is 0 Å². The van der Waals surface area contributed by atoms with Crippen molar-refractivity contribution in [3.8, 4) is 0 Å². The van der Waals surface area contributed by atoms with Gasteiger partial charge in [0, 0.05) is 16.8 Å². The van der Waals surface area contributed by atoms with E-state index < -0.39 is 7.14 Å². The summed E-state index contributed by atoms with van der Waals surface area (Å²) in [5.74, 6) is 0. The van der Waals surface area contributed by atoms with Crippen LogP contribution in [0.5, 0.6) is 0 Å². The number of benzene rings is 2. The van der Waals surface area contributed by atoms with Crippen LogP contribution in [0, 0.1) is 0 Å². The predicted molar refractivity (Wildman–Crippen MR) is 84.1 cm³/mol. The third-order valence-corrected chi connectivity index (χ3v) is 6.52. The lowest BCUT2D eigenvalue weighted by molar-refractivity contribution is 0.588. The Labute approximate surface area is 115 Å². The molecule has 1 nitrogen and oxygen atoms in total. The number of hydrogen-bond acceptors (Lipinski definition) is 1. The van der Waals surface area contributed by atoms with Crippen LogP contribution in [0.1, 0.15) is 13.8 Å². The van der Waals surface area contributed by atoms with E-state index in [1.165, 1.54) is 0 Å². The first kappa shape index (κ1) is 13.8. The monoisotopic (exact) mass is 270 g/mol. The molecule has 98 valence electrons. The highest BCUT2D eigenvalue weighted by Crippen LogP contribution is 2.44. The first-order chi connectivity index (χ1) is 9.16. The molecule has 0 unspecified atom stereocenters. The van der Waals surface area contributed by atoms with Crippen LogP contribution < -0.4 is 10.6 Å². The van der Waals surface area contributed by atoms with Crippen LogP contribution in [0.3, 0.4) is 0 Å². The van der Waals surface area contributed by atoms with Crippen molar-refractivity contribution in [2.45, 2.75) is 13.8 Å². The second-order valence-corrected chi connectivity index (χ2v) is 7.53. The smallest absolute Gasteiger partial charge is 0.147 e. The maximum atomic E-state index is 13.5. The van der Waals surface area contributed by atoms with Crippen molar-refractivity contribution in [1.29, 1.82) is 0 Å². The van der Waals surface area contributed by atoms with E-state index in [-0.39, 0.29) is 0 Å². The molecule has 2 aromatic carbocycles. The molecule has 0 amide bonds. The maximum absolute atomic E-state index is 13.5. The lowest BCUT2D eigenvalue weighted by Gasteiger charge is -2.19. The van der Waals surface area contributed by atoms with Gasteiger partial charge in [-0.25, -0.2) is 0 Å². The van der Waals surface area contributed by atoms with Crippen LogP contribution >= 0.6 is 7.14 Å². The molecule has 0 spiro atoms. The van der Waals surface area contributed by atoms with Crippen molar-refractivity contribution >= 4 is 17.8 Å². The van der Waals surface area contributed by atoms with Gasteiger partial charge in [0.15, 0.2) is 0 Å². The standard InChI is InChI=1S/C17H19OP/c1-3-15(2)14-19(18,16-10-6-4-7-11-16)17-12-8-5-9-13-17/h3-13H,14H2,1-2H3. The highest BCUT2D eigenvalue weighted by Gasteiger charge is 2.26. The Balaban J connectivity index is 2.54. The van der Waals surface area contributed by atoms with Crippen molar-refractivity contribution in [3.05, 3.63) is 72.3 Å². The molecule has 0 heterocycles. The minimum Gasteiger partial charge on any atom is -0.313 e. The summed E-state index contributed by atoms with van der Waals surface area (Å²) in [4.78, 5) is 0. The second-order valence-electron chi connectivity index (χ2n) is 4.70. The van der Waals surface area contributed by atoms with Gasteiger partial charge in [-0.1, -0.05) is 72.3 Å². The summed E-state index contributed by atoms with van der Waals surface area (Å²) < 4.78 is 13.5. The van der Waals surface area contributed by atoms with E-state index in [0.717, 1.165) is 16.2 Å². The highest BCUT2D eigenvalue weighted by molar-refractivity contribution is 7.78. The molecule has 0 bridgehead atoms. The highest BCUT2D eigenvalue weighted by atomic mass is 31.2. The number of hydrogen-bond donors (Lipinski definition) is 0. The van der Waals surface area contributed by atoms with Crippen molar-refractivity contribution < 1.29 is 4.57 Å². The molecule has 0 aromatic heterocycles. The summed E-state index contributed by atoms with van der Waals surface area (Å²) in [6, 6.07) is 19.6. The maximum Gasteiger partial charge on any atom is 0.147 e. The fraction of sp³-hybridized carbons (Fsp3) is 0.176. The molecule has 0 atom stereocenters. The Kier molecular flexibility index (Phi) is 4.39. The van der Waals surface area contributed by atoms with E-state index in [0.29, 0.717) is 6.16 Å². The van der Waals surface area contributed by atoms with Crippen molar-refractivity contribution in [2.75, 3.05) is 6.16 Å². The van der Waals surface area contributed by atoms with E-state index in [9.17, 15) is 4.57 Å². The Morgan fingerprint density at radius 2 is 1.37 bits per heavy atom. The van der Waals surface area contributed by atoms with Gasteiger partial charge < -0.3 is 4.57 Å². The van der Waals surface area contributed by atoms with Gasteiger partial charge in [-0.05, 0) is 13.8 Å². The molecule has 0 radical (unpaired) electrons. The fourth-order valence-electron chi connectivity index (χ4n) is 2.11. The number of allylic oxidation sites excluding steroid dienone is 2. The van der Waals surface area contributed by atoms with Gasteiger partial charge in [-0.3, -0.25) is 0 Å². The minimum atomic E-state index is -2.57. The molecule has 0 fully saturated rings. The van der Waals surface area contributed by atoms with Crippen LogP contribution in [-0.4, -0.2) is 6.16 Å². The Morgan fingerprint density at radius 1 is 0.947 bits per heavy atom. The third kappa shape index (κ3) is 3.05. The van der Waals surface area contributed by atoms with Crippen LogP contribution in [-0.2, 0) is 4.57 Å². The second kappa shape index (κ2) is 6.04. The first-order valence-electron chi connectivity index (χ1n) is 6.49. The van der Waals surface area contributed by atoms with E-state index in [1.807, 2.05) is 80.6 Å². The molecule has 2 rings (SSSR count). The van der Waals surface area contributed by atoms with E-state index in [2.05, 4.69) is 0 Å². The normalized spacial score (nSPS) is 12.4. The molecule has 0 saturated heterocycles. The molecule has 2 heteroatoms. The lowest BCUT2D eigenvalue weighted by Crippen LogP contribution is -2.18. The fourth-order valence-corrected chi connectivity index (χ4v) is 4.97. The van der Waals surface area contributed by atoms with Crippen molar-refractivity contribution in [1.82, 2.24) is 0 Å². The Bertz CT molecular complexity index is 556. The number of rotatable bonds is 4. The van der Waals surface area contributed by atoms with Crippen LogP contribution in [0.2, 0.25) is 0 Å². The molecule has 0 aliphatic carbocycles. The average Bonchev–Trinajstić information content (AvgIpc) is 2.48. The van der Waals surface area contributed by atoms with Crippen LogP contribution in [0.25, 0.3) is 0 Å². The zero-order valence-electron chi connectivity index (χ0n) is 11.4. The Morgan fingerprint density at radius 3 is 1.74 bits per heavy atom. The van der Waals surface area contributed by atoms with Crippen molar-refractivity contribution in [2.24, 2.45) is 0 Å². The van der Waals surface area contributed by atoms with E-state index in [4.69, 9.17) is 0 Å². The van der Waals surface area contributed by atoms with Gasteiger partial charge in [0.1, 0.15) is 7.14 Å². The zero-order valence-corrected chi connectivity index (χ0v) is 12.3. The van der Waals surface area contributed by atoms with Gasteiger partial charge in [-0.15, -0.1) is 0 Å². The molecule has 2 aromatic rings. The summed E-state index contributed by atoms with van der Waals surface area (Å²) in [5.41, 5.74) is 1.16. The topological polar surface area (TPSA) is 17.1 Å². The molecular formula is C17H19OP. The van der Waals surface area contributed by atoms with Crippen molar-refractivity contribution in [3.63, 3.8) is 0 Å². The van der Waals surface area contributed by atoms with Crippen LogP contribution in [0.4, 0.5) is 0 Å². The molecule has 19 heavy (non-hydrogen) atoms. The van der Waals surface area contributed by atoms with Crippen LogP contribution in [0.15, 0.2) is 72.3 Å². The van der Waals surface area contributed by atoms with Gasteiger partial charge in [0.25, 0.3) is 0 Å². The van der Waals surface area contributed by atoms with Gasteiger partial charge >= 0.3 is 0 Å². The summed E-state index contributed by atoms with van der Waals surface area (Å²) in [7, 11) is -2.57. The zero-order chi connectivity index (χ0) is 13.7. The van der Waals surface area contributed by atoms with Gasteiger partial charge in [0.05, 0.1) is 0 Å². The minimum absolute atomic E-state index is 0.609. The SMILES string of the molecule is CC=C(C)CP(=O)(c1ccccc1)c1ccccc1. The summed E-state index contributed by atoms with van der Waals surface area (Å²) in [5, 5.41) is 1.87. The summed E-state index contributed by atoms with van der Waals surface area (Å²) in [6.07, 6.45) is 2.65. The average molecular weight is 270 g/mol. The summed E-state index contributed by atoms with van der Waals surface area (Å²) >= 11 is 0. The lowest BCUT2D eigenvalue weighted by atomic mass is 10.3. The first-order valence-corrected chi connectivity index (χ1v) is 8.38. The molecule has 0 aliphatic heterocycles.